The van der Waals surface area contributed by atoms with Crippen molar-refractivity contribution in [1.82, 2.24) is 0 Å². The van der Waals surface area contributed by atoms with Crippen LogP contribution in [0.5, 0.6) is 5.75 Å². The number of esters is 1. The average molecular weight is 277 g/mol. The van der Waals surface area contributed by atoms with Gasteiger partial charge in [-0.3, -0.25) is 4.79 Å². The molecule has 1 aliphatic carbocycles. The molecule has 4 nitrogen and oxygen atoms in total. The lowest BCUT2D eigenvalue weighted by Crippen LogP contribution is -2.24. The zero-order chi connectivity index (χ0) is 14.4. The summed E-state index contributed by atoms with van der Waals surface area (Å²) in [7, 11) is 0. The van der Waals surface area contributed by atoms with Crippen molar-refractivity contribution in [2.75, 3.05) is 12.3 Å². The lowest BCUT2D eigenvalue weighted by atomic mass is 9.89. The summed E-state index contributed by atoms with van der Waals surface area (Å²) in [6.07, 6.45) is 4.66. The maximum atomic E-state index is 11.7. The highest BCUT2D eigenvalue weighted by Crippen LogP contribution is 2.25. The van der Waals surface area contributed by atoms with Crippen LogP contribution in [-0.2, 0) is 9.53 Å². The van der Waals surface area contributed by atoms with Crippen molar-refractivity contribution in [1.29, 1.82) is 0 Å². The first-order chi connectivity index (χ1) is 9.63. The van der Waals surface area contributed by atoms with Gasteiger partial charge in [-0.2, -0.15) is 0 Å². The number of ether oxygens (including phenoxy) is 2. The first-order valence-electron chi connectivity index (χ1n) is 7.31. The van der Waals surface area contributed by atoms with E-state index in [1.807, 2.05) is 12.1 Å². The number of hydrogen-bond acceptors (Lipinski definition) is 4. The van der Waals surface area contributed by atoms with Gasteiger partial charge in [-0.1, -0.05) is 13.0 Å². The molecule has 1 saturated carbocycles. The monoisotopic (exact) mass is 277 g/mol. The average Bonchev–Trinajstić information content (AvgIpc) is 2.41. The molecule has 4 heteroatoms. The van der Waals surface area contributed by atoms with Crippen LogP contribution in [0.2, 0.25) is 0 Å². The van der Waals surface area contributed by atoms with Crippen molar-refractivity contribution in [3.8, 4) is 5.75 Å². The number of rotatable bonds is 5. The molecule has 0 atom stereocenters. The van der Waals surface area contributed by atoms with E-state index in [9.17, 15) is 4.79 Å². The standard InChI is InChI=1S/C16H23NO3/c1-12-5-7-14(8-6-12)20-16(18)9-10-19-15-4-2-3-13(17)11-15/h2-4,11-12,14H,5-10,17H2,1H3. The fourth-order valence-electron chi connectivity index (χ4n) is 2.45. The van der Waals surface area contributed by atoms with Crippen LogP contribution in [0.15, 0.2) is 24.3 Å². The SMILES string of the molecule is CC1CCC(OC(=O)CCOc2cccc(N)c2)CC1. The minimum atomic E-state index is -0.173. The van der Waals surface area contributed by atoms with Crippen molar-refractivity contribution in [3.63, 3.8) is 0 Å². The maximum Gasteiger partial charge on any atom is 0.309 e. The van der Waals surface area contributed by atoms with Crippen LogP contribution in [0.4, 0.5) is 5.69 Å². The summed E-state index contributed by atoms with van der Waals surface area (Å²) in [5, 5.41) is 0. The molecule has 1 fully saturated rings. The molecular formula is C16H23NO3. The molecule has 0 spiro atoms. The summed E-state index contributed by atoms with van der Waals surface area (Å²) in [5.74, 6) is 1.27. The molecule has 1 aromatic rings. The molecule has 0 unspecified atom stereocenters. The summed E-state index contributed by atoms with van der Waals surface area (Å²) in [6.45, 7) is 2.57. The number of benzene rings is 1. The van der Waals surface area contributed by atoms with Crippen molar-refractivity contribution >= 4 is 11.7 Å². The van der Waals surface area contributed by atoms with Gasteiger partial charge in [-0.05, 0) is 43.7 Å². The molecule has 0 saturated heterocycles. The zero-order valence-corrected chi connectivity index (χ0v) is 12.0. The Bertz CT molecular complexity index is 439. The van der Waals surface area contributed by atoms with Gasteiger partial charge in [0.15, 0.2) is 0 Å². The summed E-state index contributed by atoms with van der Waals surface area (Å²) >= 11 is 0. The predicted octanol–water partition coefficient (Wildman–Crippen LogP) is 3.16. The van der Waals surface area contributed by atoms with Gasteiger partial charge in [0.25, 0.3) is 0 Å². The Labute approximate surface area is 120 Å². The molecule has 0 aliphatic heterocycles. The highest BCUT2D eigenvalue weighted by molar-refractivity contribution is 5.69. The Kier molecular flexibility index (Phi) is 5.27. The summed E-state index contributed by atoms with van der Waals surface area (Å²) < 4.78 is 10.9. The van der Waals surface area contributed by atoms with Crippen LogP contribution >= 0.6 is 0 Å². The molecule has 1 aromatic carbocycles. The molecule has 0 aromatic heterocycles. The van der Waals surface area contributed by atoms with E-state index in [2.05, 4.69) is 6.92 Å². The van der Waals surface area contributed by atoms with Gasteiger partial charge < -0.3 is 15.2 Å². The Morgan fingerprint density at radius 1 is 1.30 bits per heavy atom. The van der Waals surface area contributed by atoms with Gasteiger partial charge in [-0.15, -0.1) is 0 Å². The lowest BCUT2D eigenvalue weighted by Gasteiger charge is -2.25. The van der Waals surface area contributed by atoms with Gasteiger partial charge in [0.1, 0.15) is 11.9 Å². The molecule has 1 aliphatic rings. The van der Waals surface area contributed by atoms with Crippen molar-refractivity contribution in [3.05, 3.63) is 24.3 Å². The third kappa shape index (κ3) is 4.76. The fourth-order valence-corrected chi connectivity index (χ4v) is 2.45. The van der Waals surface area contributed by atoms with E-state index < -0.39 is 0 Å². The van der Waals surface area contributed by atoms with Crippen LogP contribution in [0.1, 0.15) is 39.0 Å². The van der Waals surface area contributed by atoms with Gasteiger partial charge in [0.2, 0.25) is 0 Å². The van der Waals surface area contributed by atoms with Crippen molar-refractivity contribution in [2.24, 2.45) is 5.92 Å². The molecule has 0 amide bonds. The first kappa shape index (κ1) is 14.7. The smallest absolute Gasteiger partial charge is 0.309 e. The van der Waals surface area contributed by atoms with Crippen molar-refractivity contribution < 1.29 is 14.3 Å². The molecule has 0 radical (unpaired) electrons. The fraction of sp³-hybridized carbons (Fsp3) is 0.562. The van der Waals surface area contributed by atoms with E-state index in [4.69, 9.17) is 15.2 Å². The summed E-state index contributed by atoms with van der Waals surface area (Å²) in [4.78, 5) is 11.7. The van der Waals surface area contributed by atoms with Crippen LogP contribution in [0.25, 0.3) is 0 Å². The second-order valence-electron chi connectivity index (χ2n) is 5.54. The largest absolute Gasteiger partial charge is 0.493 e. The molecule has 2 N–H and O–H groups in total. The second kappa shape index (κ2) is 7.17. The van der Waals surface area contributed by atoms with Crippen molar-refractivity contribution in [2.45, 2.75) is 45.1 Å². The predicted molar refractivity (Wildman–Crippen MR) is 78.5 cm³/mol. The first-order valence-corrected chi connectivity index (χ1v) is 7.31. The van der Waals surface area contributed by atoms with Crippen LogP contribution < -0.4 is 10.5 Å². The van der Waals surface area contributed by atoms with Crippen LogP contribution in [0.3, 0.4) is 0 Å². The van der Waals surface area contributed by atoms with Gasteiger partial charge in [0.05, 0.1) is 13.0 Å². The minimum absolute atomic E-state index is 0.103. The molecule has 0 bridgehead atoms. The number of carbonyl (C=O) groups is 1. The molecule has 20 heavy (non-hydrogen) atoms. The lowest BCUT2D eigenvalue weighted by molar-refractivity contribution is -0.151. The van der Waals surface area contributed by atoms with E-state index in [0.717, 1.165) is 31.6 Å². The van der Waals surface area contributed by atoms with E-state index in [1.165, 1.54) is 0 Å². The van der Waals surface area contributed by atoms with Gasteiger partial charge in [-0.25, -0.2) is 0 Å². The summed E-state index contributed by atoms with van der Waals surface area (Å²) in [6, 6.07) is 7.19. The van der Waals surface area contributed by atoms with E-state index in [-0.39, 0.29) is 18.5 Å². The Morgan fingerprint density at radius 2 is 2.05 bits per heavy atom. The molecule has 2 rings (SSSR count). The van der Waals surface area contributed by atoms with Gasteiger partial charge in [0, 0.05) is 11.8 Å². The zero-order valence-electron chi connectivity index (χ0n) is 12.0. The van der Waals surface area contributed by atoms with E-state index in [1.54, 1.807) is 12.1 Å². The molecule has 110 valence electrons. The Hall–Kier alpha value is -1.71. The third-order valence-electron chi connectivity index (χ3n) is 3.69. The van der Waals surface area contributed by atoms with E-state index in [0.29, 0.717) is 18.0 Å². The molecule has 0 heterocycles. The third-order valence-corrected chi connectivity index (χ3v) is 3.69. The van der Waals surface area contributed by atoms with Gasteiger partial charge >= 0.3 is 5.97 Å². The number of anilines is 1. The Morgan fingerprint density at radius 3 is 2.75 bits per heavy atom. The number of hydrogen-bond donors (Lipinski definition) is 1. The number of nitrogen functional groups attached to an aromatic ring is 1. The number of carbonyl (C=O) groups excluding carboxylic acids is 1. The second-order valence-corrected chi connectivity index (χ2v) is 5.54. The minimum Gasteiger partial charge on any atom is -0.493 e. The highest BCUT2D eigenvalue weighted by Gasteiger charge is 2.21. The molecular weight excluding hydrogens is 254 g/mol. The van der Waals surface area contributed by atoms with Crippen LogP contribution in [0, 0.1) is 5.92 Å². The number of nitrogens with two attached hydrogens (primary N) is 1. The maximum absolute atomic E-state index is 11.7. The van der Waals surface area contributed by atoms with Crippen LogP contribution in [-0.4, -0.2) is 18.7 Å². The Balaban J connectivity index is 1.65. The normalized spacial score (nSPS) is 22.2. The van der Waals surface area contributed by atoms with E-state index >= 15 is 0 Å². The topological polar surface area (TPSA) is 61.5 Å². The highest BCUT2D eigenvalue weighted by atomic mass is 16.5. The quantitative estimate of drug-likeness (QED) is 0.663. The summed E-state index contributed by atoms with van der Waals surface area (Å²) in [5.41, 5.74) is 6.31.